The van der Waals surface area contributed by atoms with Gasteiger partial charge in [0.25, 0.3) is 5.91 Å². The Morgan fingerprint density at radius 3 is 2.61 bits per heavy atom. The van der Waals surface area contributed by atoms with Gasteiger partial charge in [-0.3, -0.25) is 4.79 Å². The number of fused-ring (bicyclic) bond motifs is 1. The number of carbonyl (C=O) groups excluding carboxylic acids is 1. The molecule has 184 valence electrons. The number of nitrogens with two attached hydrogens (primary N) is 1. The number of hydrogen-bond donors (Lipinski definition) is 1. The van der Waals surface area contributed by atoms with Gasteiger partial charge in [-0.25, -0.2) is 4.98 Å². The van der Waals surface area contributed by atoms with E-state index < -0.39 is 0 Å². The average molecular weight is 483 g/mol. The molecule has 2 N–H and O–H groups in total. The van der Waals surface area contributed by atoms with Gasteiger partial charge in [-0.05, 0) is 60.0 Å². The standard InChI is InChI=1S/C29H30N4O3/c1-19-7-6-8-22(29(34)32(2)24-9-4-5-10-26(24)35-3)27(19)20-11-12-23-21(17-20)18-25(28(30)31-23)33-13-15-36-16-14-33/h4-12,17-18H,13-16H2,1-3H3,(H2,30,31). The van der Waals surface area contributed by atoms with E-state index in [1.54, 1.807) is 19.1 Å². The molecule has 36 heavy (non-hydrogen) atoms. The summed E-state index contributed by atoms with van der Waals surface area (Å²) in [5.41, 5.74) is 12.3. The third-order valence-corrected chi connectivity index (χ3v) is 6.72. The van der Waals surface area contributed by atoms with E-state index in [1.165, 1.54) is 0 Å². The quantitative estimate of drug-likeness (QED) is 0.435. The summed E-state index contributed by atoms with van der Waals surface area (Å²) in [5.74, 6) is 1.05. The summed E-state index contributed by atoms with van der Waals surface area (Å²) in [5, 5.41) is 0.975. The van der Waals surface area contributed by atoms with Gasteiger partial charge in [-0.15, -0.1) is 0 Å². The number of carbonyl (C=O) groups is 1. The first-order valence-electron chi connectivity index (χ1n) is 12.0. The highest BCUT2D eigenvalue weighted by Crippen LogP contribution is 2.35. The number of benzene rings is 3. The normalized spacial score (nSPS) is 13.6. The molecule has 1 aromatic heterocycles. The van der Waals surface area contributed by atoms with Crippen LogP contribution in [0.15, 0.2) is 66.7 Å². The first kappa shape index (κ1) is 23.6. The third kappa shape index (κ3) is 4.33. The molecule has 0 aliphatic carbocycles. The topological polar surface area (TPSA) is 80.9 Å². The summed E-state index contributed by atoms with van der Waals surface area (Å²) >= 11 is 0. The van der Waals surface area contributed by atoms with Crippen LogP contribution in [0.3, 0.4) is 0 Å². The van der Waals surface area contributed by atoms with Crippen LogP contribution < -0.4 is 20.3 Å². The lowest BCUT2D eigenvalue weighted by Crippen LogP contribution is -2.36. The number of pyridine rings is 1. The zero-order valence-corrected chi connectivity index (χ0v) is 20.8. The molecule has 7 nitrogen and oxygen atoms in total. The number of methoxy groups -OCH3 is 1. The average Bonchev–Trinajstić information content (AvgIpc) is 2.92. The number of morpholine rings is 1. The summed E-state index contributed by atoms with van der Waals surface area (Å²) in [7, 11) is 3.38. The lowest BCUT2D eigenvalue weighted by Gasteiger charge is -2.29. The molecule has 1 aliphatic rings. The van der Waals surface area contributed by atoms with Gasteiger partial charge in [-0.2, -0.15) is 0 Å². The highest BCUT2D eigenvalue weighted by atomic mass is 16.5. The second kappa shape index (κ2) is 9.87. The highest BCUT2D eigenvalue weighted by Gasteiger charge is 2.22. The molecule has 7 heteroatoms. The molecular weight excluding hydrogens is 452 g/mol. The fourth-order valence-electron chi connectivity index (χ4n) is 4.82. The minimum absolute atomic E-state index is 0.109. The van der Waals surface area contributed by atoms with Gasteiger partial charge in [0.05, 0.1) is 37.2 Å². The van der Waals surface area contributed by atoms with Crippen molar-refractivity contribution in [1.29, 1.82) is 0 Å². The van der Waals surface area contributed by atoms with Crippen LogP contribution in [0.4, 0.5) is 17.2 Å². The maximum atomic E-state index is 13.8. The van der Waals surface area contributed by atoms with Crippen molar-refractivity contribution in [1.82, 2.24) is 4.98 Å². The zero-order valence-electron chi connectivity index (χ0n) is 20.8. The van der Waals surface area contributed by atoms with Crippen LogP contribution in [0.5, 0.6) is 5.75 Å². The lowest BCUT2D eigenvalue weighted by atomic mass is 9.93. The number of aryl methyl sites for hydroxylation is 1. The number of nitrogens with zero attached hydrogens (tertiary/aromatic N) is 3. The monoisotopic (exact) mass is 482 g/mol. The van der Waals surface area contributed by atoms with E-state index in [2.05, 4.69) is 22.0 Å². The first-order valence-corrected chi connectivity index (χ1v) is 12.0. The van der Waals surface area contributed by atoms with Gasteiger partial charge in [0.15, 0.2) is 0 Å². The minimum Gasteiger partial charge on any atom is -0.495 e. The summed E-state index contributed by atoms with van der Waals surface area (Å²) in [6.45, 7) is 4.93. The third-order valence-electron chi connectivity index (χ3n) is 6.72. The molecule has 0 unspecified atom stereocenters. The maximum Gasteiger partial charge on any atom is 0.258 e. The van der Waals surface area contributed by atoms with Crippen molar-refractivity contribution in [2.24, 2.45) is 0 Å². The molecule has 0 spiro atoms. The Hall–Kier alpha value is -4.10. The Morgan fingerprint density at radius 2 is 1.83 bits per heavy atom. The van der Waals surface area contributed by atoms with Crippen molar-refractivity contribution in [2.75, 3.05) is 56.0 Å². The minimum atomic E-state index is -0.109. The Bertz CT molecular complexity index is 1430. The van der Waals surface area contributed by atoms with E-state index in [-0.39, 0.29) is 5.91 Å². The number of ether oxygens (including phenoxy) is 2. The Kier molecular flexibility index (Phi) is 6.48. The molecule has 1 saturated heterocycles. The van der Waals surface area contributed by atoms with Gasteiger partial charge < -0.3 is 25.0 Å². The van der Waals surface area contributed by atoms with Gasteiger partial charge in [0, 0.05) is 31.1 Å². The highest BCUT2D eigenvalue weighted by molar-refractivity contribution is 6.11. The number of para-hydroxylation sites is 2. The van der Waals surface area contributed by atoms with E-state index in [1.807, 2.05) is 61.5 Å². The first-order chi connectivity index (χ1) is 17.5. The van der Waals surface area contributed by atoms with E-state index >= 15 is 0 Å². The van der Waals surface area contributed by atoms with E-state index in [0.717, 1.165) is 46.4 Å². The maximum absolute atomic E-state index is 13.8. The van der Waals surface area contributed by atoms with Crippen molar-refractivity contribution >= 4 is 34.0 Å². The molecule has 2 heterocycles. The number of rotatable bonds is 5. The summed E-state index contributed by atoms with van der Waals surface area (Å²) in [4.78, 5) is 22.3. The van der Waals surface area contributed by atoms with Crippen LogP contribution in [0.2, 0.25) is 0 Å². The number of anilines is 3. The van der Waals surface area contributed by atoms with Gasteiger partial charge >= 0.3 is 0 Å². The molecule has 4 aromatic rings. The van der Waals surface area contributed by atoms with Crippen molar-refractivity contribution < 1.29 is 14.3 Å². The smallest absolute Gasteiger partial charge is 0.258 e. The van der Waals surface area contributed by atoms with E-state index in [0.29, 0.717) is 36.0 Å². The van der Waals surface area contributed by atoms with Gasteiger partial charge in [0.2, 0.25) is 0 Å². The second-order valence-corrected chi connectivity index (χ2v) is 8.93. The summed E-state index contributed by atoms with van der Waals surface area (Å²) in [6.07, 6.45) is 0. The van der Waals surface area contributed by atoms with Crippen LogP contribution in [-0.2, 0) is 4.74 Å². The molecule has 0 bridgehead atoms. The van der Waals surface area contributed by atoms with Crippen molar-refractivity contribution in [3.63, 3.8) is 0 Å². The lowest BCUT2D eigenvalue weighted by molar-refractivity contribution is 0.0993. The molecule has 5 rings (SSSR count). The molecule has 0 radical (unpaired) electrons. The SMILES string of the molecule is COc1ccccc1N(C)C(=O)c1cccc(C)c1-c1ccc2nc(N)c(N3CCOCC3)cc2c1. The molecule has 0 atom stereocenters. The fourth-order valence-corrected chi connectivity index (χ4v) is 4.82. The predicted octanol–water partition coefficient (Wildman–Crippen LogP) is 4.91. The predicted molar refractivity (Wildman–Crippen MR) is 145 cm³/mol. The van der Waals surface area contributed by atoms with E-state index in [4.69, 9.17) is 15.2 Å². The van der Waals surface area contributed by atoms with Crippen molar-refractivity contribution in [3.05, 3.63) is 77.9 Å². The fraction of sp³-hybridized carbons (Fsp3) is 0.241. The van der Waals surface area contributed by atoms with Crippen molar-refractivity contribution in [3.8, 4) is 16.9 Å². The molecular formula is C29H30N4O3. The Balaban J connectivity index is 1.58. The molecule has 1 fully saturated rings. The summed E-state index contributed by atoms with van der Waals surface area (Å²) in [6, 6.07) is 21.5. The molecule has 3 aromatic carbocycles. The zero-order chi connectivity index (χ0) is 25.2. The van der Waals surface area contributed by atoms with Crippen LogP contribution in [0.25, 0.3) is 22.0 Å². The molecule has 0 saturated carbocycles. The molecule has 1 aliphatic heterocycles. The Labute approximate surface area is 211 Å². The Morgan fingerprint density at radius 1 is 1.06 bits per heavy atom. The number of nitrogen functional groups attached to an aromatic ring is 1. The van der Waals surface area contributed by atoms with Crippen LogP contribution in [0.1, 0.15) is 15.9 Å². The number of amides is 1. The second-order valence-electron chi connectivity index (χ2n) is 8.93. The molecule has 1 amide bonds. The van der Waals surface area contributed by atoms with E-state index in [9.17, 15) is 4.79 Å². The number of aromatic nitrogens is 1. The van der Waals surface area contributed by atoms with Gasteiger partial charge in [0.1, 0.15) is 11.6 Å². The van der Waals surface area contributed by atoms with Crippen molar-refractivity contribution in [2.45, 2.75) is 6.92 Å². The summed E-state index contributed by atoms with van der Waals surface area (Å²) < 4.78 is 11.0. The van der Waals surface area contributed by atoms with Crippen LogP contribution >= 0.6 is 0 Å². The largest absolute Gasteiger partial charge is 0.495 e. The van der Waals surface area contributed by atoms with Gasteiger partial charge in [-0.1, -0.05) is 30.3 Å². The van der Waals surface area contributed by atoms with Crippen LogP contribution in [0, 0.1) is 6.92 Å². The number of hydrogen-bond acceptors (Lipinski definition) is 6. The van der Waals surface area contributed by atoms with Crippen LogP contribution in [-0.4, -0.2) is 51.4 Å².